The molecule has 0 spiro atoms. The lowest BCUT2D eigenvalue weighted by molar-refractivity contribution is 0.381. The molecule has 2 fully saturated rings. The van der Waals surface area contributed by atoms with E-state index in [2.05, 4.69) is 4.98 Å². The average molecular weight is 295 g/mol. The SMILES string of the molecule is NCc1ncccc1S(=O)(=O)N(CC1CC1)CC1CC1. The van der Waals surface area contributed by atoms with E-state index in [1.807, 2.05) is 0 Å². The van der Waals surface area contributed by atoms with Gasteiger partial charge in [-0.2, -0.15) is 4.31 Å². The van der Waals surface area contributed by atoms with Gasteiger partial charge in [0.15, 0.2) is 0 Å². The maximum absolute atomic E-state index is 12.9. The van der Waals surface area contributed by atoms with Gasteiger partial charge in [-0.05, 0) is 49.7 Å². The van der Waals surface area contributed by atoms with Gasteiger partial charge >= 0.3 is 0 Å². The standard InChI is InChI=1S/C14H21N3O2S/c15-8-13-14(2-1-7-16-13)20(18,19)17(9-11-3-4-11)10-12-5-6-12/h1-2,7,11-12H,3-6,8-10,15H2. The van der Waals surface area contributed by atoms with E-state index in [0.717, 1.165) is 25.7 Å². The van der Waals surface area contributed by atoms with Crippen molar-refractivity contribution in [3.63, 3.8) is 0 Å². The summed E-state index contributed by atoms with van der Waals surface area (Å²) in [5.41, 5.74) is 6.09. The topological polar surface area (TPSA) is 76.3 Å². The number of sulfonamides is 1. The van der Waals surface area contributed by atoms with Gasteiger partial charge in [-0.15, -0.1) is 0 Å². The van der Waals surface area contributed by atoms with Crippen LogP contribution in [0, 0.1) is 11.8 Å². The van der Waals surface area contributed by atoms with Crippen LogP contribution in [-0.4, -0.2) is 30.8 Å². The van der Waals surface area contributed by atoms with E-state index >= 15 is 0 Å². The number of hydrogen-bond acceptors (Lipinski definition) is 4. The van der Waals surface area contributed by atoms with Crippen LogP contribution in [0.25, 0.3) is 0 Å². The first-order valence-electron chi connectivity index (χ1n) is 7.25. The summed E-state index contributed by atoms with van der Waals surface area (Å²) in [5, 5.41) is 0. The third-order valence-corrected chi connectivity index (χ3v) is 5.88. The van der Waals surface area contributed by atoms with E-state index in [1.54, 1.807) is 22.6 Å². The summed E-state index contributed by atoms with van der Waals surface area (Å²) in [7, 11) is -3.46. The molecule has 0 aliphatic heterocycles. The average Bonchev–Trinajstić information content (AvgIpc) is 3.33. The molecule has 0 bridgehead atoms. The zero-order valence-electron chi connectivity index (χ0n) is 11.5. The van der Waals surface area contributed by atoms with Crippen LogP contribution in [-0.2, 0) is 16.6 Å². The Balaban J connectivity index is 1.89. The largest absolute Gasteiger partial charge is 0.325 e. The van der Waals surface area contributed by atoms with Gasteiger partial charge in [-0.3, -0.25) is 4.98 Å². The number of hydrogen-bond donors (Lipinski definition) is 1. The highest BCUT2D eigenvalue weighted by Gasteiger charge is 2.36. The zero-order chi connectivity index (χ0) is 14.2. The van der Waals surface area contributed by atoms with E-state index in [1.165, 1.54) is 0 Å². The third kappa shape index (κ3) is 3.02. The quantitative estimate of drug-likeness (QED) is 0.824. The minimum atomic E-state index is -3.46. The van der Waals surface area contributed by atoms with Crippen LogP contribution in [0.5, 0.6) is 0 Å². The number of aromatic nitrogens is 1. The van der Waals surface area contributed by atoms with E-state index in [9.17, 15) is 8.42 Å². The Labute approximate surface area is 120 Å². The fourth-order valence-electron chi connectivity index (χ4n) is 2.40. The Morgan fingerprint density at radius 3 is 2.30 bits per heavy atom. The van der Waals surface area contributed by atoms with Crippen LogP contribution in [0.3, 0.4) is 0 Å². The predicted octanol–water partition coefficient (Wildman–Crippen LogP) is 1.35. The molecule has 2 saturated carbocycles. The molecule has 2 aliphatic carbocycles. The summed E-state index contributed by atoms with van der Waals surface area (Å²) >= 11 is 0. The lowest BCUT2D eigenvalue weighted by atomic mass is 10.3. The van der Waals surface area contributed by atoms with Gasteiger partial charge in [0.2, 0.25) is 10.0 Å². The summed E-state index contributed by atoms with van der Waals surface area (Å²) in [6.07, 6.45) is 6.18. The molecule has 1 aromatic heterocycles. The first-order chi connectivity index (χ1) is 9.61. The van der Waals surface area contributed by atoms with Crippen molar-refractivity contribution in [2.75, 3.05) is 13.1 Å². The van der Waals surface area contributed by atoms with E-state index in [4.69, 9.17) is 5.73 Å². The molecule has 1 heterocycles. The van der Waals surface area contributed by atoms with Gasteiger partial charge in [0.25, 0.3) is 0 Å². The van der Waals surface area contributed by atoms with Crippen LogP contribution < -0.4 is 5.73 Å². The van der Waals surface area contributed by atoms with Crippen LogP contribution in [0.2, 0.25) is 0 Å². The first kappa shape index (κ1) is 14.0. The van der Waals surface area contributed by atoms with Gasteiger partial charge in [-0.1, -0.05) is 0 Å². The highest BCUT2D eigenvalue weighted by Crippen LogP contribution is 2.36. The van der Waals surface area contributed by atoms with Crippen molar-refractivity contribution in [2.24, 2.45) is 17.6 Å². The molecular weight excluding hydrogens is 274 g/mol. The number of nitrogens with two attached hydrogens (primary N) is 1. The predicted molar refractivity (Wildman–Crippen MR) is 76.3 cm³/mol. The Morgan fingerprint density at radius 1 is 1.20 bits per heavy atom. The maximum Gasteiger partial charge on any atom is 0.244 e. The molecule has 0 radical (unpaired) electrons. The van der Waals surface area contributed by atoms with Crippen molar-refractivity contribution in [3.05, 3.63) is 24.0 Å². The van der Waals surface area contributed by atoms with Gasteiger partial charge in [0, 0.05) is 25.8 Å². The van der Waals surface area contributed by atoms with Crippen molar-refractivity contribution in [1.82, 2.24) is 9.29 Å². The third-order valence-electron chi connectivity index (χ3n) is 3.98. The highest BCUT2D eigenvalue weighted by molar-refractivity contribution is 7.89. The van der Waals surface area contributed by atoms with Gasteiger partial charge in [0.05, 0.1) is 5.69 Å². The van der Waals surface area contributed by atoms with Crippen molar-refractivity contribution in [1.29, 1.82) is 0 Å². The molecule has 2 aliphatic rings. The number of nitrogens with zero attached hydrogens (tertiary/aromatic N) is 2. The van der Waals surface area contributed by atoms with E-state index < -0.39 is 10.0 Å². The Kier molecular flexibility index (Phi) is 3.79. The minimum absolute atomic E-state index is 0.149. The molecule has 0 aromatic carbocycles. The lowest BCUT2D eigenvalue weighted by Crippen LogP contribution is -2.35. The van der Waals surface area contributed by atoms with Crippen molar-refractivity contribution >= 4 is 10.0 Å². The van der Waals surface area contributed by atoms with Crippen LogP contribution in [0.1, 0.15) is 31.4 Å². The molecule has 0 atom stereocenters. The first-order valence-corrected chi connectivity index (χ1v) is 8.69. The van der Waals surface area contributed by atoms with E-state index in [-0.39, 0.29) is 11.4 Å². The second kappa shape index (κ2) is 5.42. The maximum atomic E-state index is 12.9. The molecule has 0 amide bonds. The monoisotopic (exact) mass is 295 g/mol. The second-order valence-electron chi connectivity index (χ2n) is 5.86. The summed E-state index contributed by atoms with van der Waals surface area (Å²) in [6, 6.07) is 3.29. The molecule has 1 aromatic rings. The Hall–Kier alpha value is -0.980. The van der Waals surface area contributed by atoms with E-state index in [0.29, 0.717) is 30.6 Å². The summed E-state index contributed by atoms with van der Waals surface area (Å²) in [5.74, 6) is 1.09. The smallest absolute Gasteiger partial charge is 0.244 e. The molecule has 20 heavy (non-hydrogen) atoms. The number of pyridine rings is 1. The molecule has 3 rings (SSSR count). The molecule has 2 N–H and O–H groups in total. The molecular formula is C14H21N3O2S. The molecule has 110 valence electrons. The fourth-order valence-corrected chi connectivity index (χ4v) is 4.17. The minimum Gasteiger partial charge on any atom is -0.325 e. The Bertz CT molecular complexity index is 566. The van der Waals surface area contributed by atoms with Crippen molar-refractivity contribution in [3.8, 4) is 0 Å². The van der Waals surface area contributed by atoms with Gasteiger partial charge in [0.1, 0.15) is 4.90 Å². The summed E-state index contributed by atoms with van der Waals surface area (Å²) in [6.45, 7) is 1.45. The Morgan fingerprint density at radius 2 is 1.80 bits per heavy atom. The number of rotatable bonds is 7. The van der Waals surface area contributed by atoms with Crippen LogP contribution >= 0.6 is 0 Å². The van der Waals surface area contributed by atoms with Gasteiger partial charge < -0.3 is 5.73 Å². The van der Waals surface area contributed by atoms with Crippen LogP contribution in [0.4, 0.5) is 0 Å². The summed E-state index contributed by atoms with van der Waals surface area (Å²) < 4.78 is 27.4. The highest BCUT2D eigenvalue weighted by atomic mass is 32.2. The van der Waals surface area contributed by atoms with Crippen LogP contribution in [0.15, 0.2) is 23.2 Å². The molecule has 6 heteroatoms. The molecule has 0 saturated heterocycles. The normalized spacial score (nSPS) is 19.5. The van der Waals surface area contributed by atoms with Gasteiger partial charge in [-0.25, -0.2) is 8.42 Å². The zero-order valence-corrected chi connectivity index (χ0v) is 12.3. The molecule has 0 unspecified atom stereocenters. The summed E-state index contributed by atoms with van der Waals surface area (Å²) in [4.78, 5) is 4.39. The second-order valence-corrected chi connectivity index (χ2v) is 7.77. The fraction of sp³-hybridized carbons (Fsp3) is 0.643. The molecule has 5 nitrogen and oxygen atoms in total. The van der Waals surface area contributed by atoms with Crippen molar-refractivity contribution < 1.29 is 8.42 Å². The van der Waals surface area contributed by atoms with Crippen molar-refractivity contribution in [2.45, 2.75) is 37.1 Å². The lowest BCUT2D eigenvalue weighted by Gasteiger charge is -2.23.